The van der Waals surface area contributed by atoms with Gasteiger partial charge in [-0.2, -0.15) is 13.2 Å². The molecule has 7 nitrogen and oxygen atoms in total. The Morgan fingerprint density at radius 3 is 2.12 bits per heavy atom. The van der Waals surface area contributed by atoms with Gasteiger partial charge in [-0.25, -0.2) is 0 Å². The van der Waals surface area contributed by atoms with E-state index in [0.29, 0.717) is 17.9 Å². The topological polar surface area (TPSA) is 101 Å². The summed E-state index contributed by atoms with van der Waals surface area (Å²) in [6, 6.07) is 21.4. The van der Waals surface area contributed by atoms with E-state index in [-0.39, 0.29) is 18.7 Å². The predicted octanol–water partition coefficient (Wildman–Crippen LogP) is 6.26. The molecule has 0 unspecified atom stereocenters. The Bertz CT molecular complexity index is 1470. The summed E-state index contributed by atoms with van der Waals surface area (Å²) in [4.78, 5) is 27.1. The fourth-order valence-electron chi connectivity index (χ4n) is 4.00. The number of aliphatic carboxylic acids is 1. The summed E-state index contributed by atoms with van der Waals surface area (Å²) in [5, 5.41) is 14.6. The second-order valence-corrected chi connectivity index (χ2v) is 8.86. The van der Waals surface area contributed by atoms with Crippen LogP contribution in [0.1, 0.15) is 28.0 Å². The van der Waals surface area contributed by atoms with Crippen LogP contribution in [0.5, 0.6) is 5.75 Å². The van der Waals surface area contributed by atoms with Crippen LogP contribution in [0.2, 0.25) is 0 Å². The van der Waals surface area contributed by atoms with Crippen molar-refractivity contribution in [3.05, 3.63) is 102 Å². The molecule has 0 saturated carbocycles. The van der Waals surface area contributed by atoms with Gasteiger partial charge in [0.25, 0.3) is 5.91 Å². The smallest absolute Gasteiger partial charge is 0.416 e. The van der Waals surface area contributed by atoms with Crippen molar-refractivity contribution in [1.82, 2.24) is 10.3 Å². The van der Waals surface area contributed by atoms with Crippen molar-refractivity contribution in [3.63, 3.8) is 0 Å². The third-order valence-corrected chi connectivity index (χ3v) is 6.16. The lowest BCUT2D eigenvalue weighted by Crippen LogP contribution is -2.26. The van der Waals surface area contributed by atoms with Gasteiger partial charge < -0.3 is 20.5 Å². The van der Waals surface area contributed by atoms with Gasteiger partial charge in [0.2, 0.25) is 0 Å². The number of amides is 1. The van der Waals surface area contributed by atoms with Crippen molar-refractivity contribution in [2.75, 3.05) is 19.0 Å². The zero-order valence-corrected chi connectivity index (χ0v) is 21.5. The molecule has 1 heterocycles. The maximum Gasteiger partial charge on any atom is 0.416 e. The van der Waals surface area contributed by atoms with E-state index in [1.165, 1.54) is 12.1 Å². The van der Waals surface area contributed by atoms with E-state index < -0.39 is 23.6 Å². The Hall–Kier alpha value is -4.86. The number of nitrogens with zero attached hydrogens (tertiary/aromatic N) is 1. The molecule has 0 bridgehead atoms. The highest BCUT2D eigenvalue weighted by atomic mass is 19.4. The van der Waals surface area contributed by atoms with Gasteiger partial charge in [0.15, 0.2) is 0 Å². The molecule has 0 atom stereocenters. The Morgan fingerprint density at radius 1 is 0.900 bits per heavy atom. The SMILES string of the molecule is COc1ccc(CNc2ccc(-c3ccc(C(F)(F)F)cc3)cc2)c(-c2ccc(C(=O)NCCC(=O)O)nc2)c1. The molecule has 0 aliphatic heterocycles. The average molecular weight is 550 g/mol. The van der Waals surface area contributed by atoms with Crippen molar-refractivity contribution in [3.8, 4) is 28.0 Å². The van der Waals surface area contributed by atoms with Gasteiger partial charge in [-0.1, -0.05) is 36.4 Å². The molecule has 0 saturated heterocycles. The van der Waals surface area contributed by atoms with Crippen LogP contribution in [0.15, 0.2) is 85.1 Å². The highest BCUT2D eigenvalue weighted by Crippen LogP contribution is 2.32. The summed E-state index contributed by atoms with van der Waals surface area (Å²) in [6.07, 6.45) is -2.98. The molecule has 4 aromatic rings. The number of rotatable bonds is 10. The molecule has 40 heavy (non-hydrogen) atoms. The molecule has 0 spiro atoms. The van der Waals surface area contributed by atoms with Crippen LogP contribution in [0.4, 0.5) is 18.9 Å². The largest absolute Gasteiger partial charge is 0.497 e. The molecule has 3 aromatic carbocycles. The van der Waals surface area contributed by atoms with Gasteiger partial charge >= 0.3 is 12.1 Å². The van der Waals surface area contributed by atoms with Crippen LogP contribution in [-0.4, -0.2) is 35.6 Å². The number of carboxylic acids is 1. The Labute approximate surface area is 228 Å². The van der Waals surface area contributed by atoms with E-state index in [4.69, 9.17) is 9.84 Å². The van der Waals surface area contributed by atoms with Crippen LogP contribution < -0.4 is 15.4 Å². The molecule has 10 heteroatoms. The first-order valence-electron chi connectivity index (χ1n) is 12.3. The number of nitrogens with one attached hydrogen (secondary N) is 2. The van der Waals surface area contributed by atoms with E-state index in [2.05, 4.69) is 15.6 Å². The number of anilines is 1. The van der Waals surface area contributed by atoms with Crippen molar-refractivity contribution >= 4 is 17.6 Å². The summed E-state index contributed by atoms with van der Waals surface area (Å²) in [5.74, 6) is -0.812. The number of halogens is 3. The molecule has 1 aromatic heterocycles. The Balaban J connectivity index is 1.46. The predicted molar refractivity (Wildman–Crippen MR) is 145 cm³/mol. The third-order valence-electron chi connectivity index (χ3n) is 6.16. The Kier molecular flexibility index (Phi) is 8.68. The summed E-state index contributed by atoms with van der Waals surface area (Å²) in [5.41, 5.74) is 4.33. The molecule has 0 radical (unpaired) electrons. The molecule has 0 fully saturated rings. The summed E-state index contributed by atoms with van der Waals surface area (Å²) in [7, 11) is 1.57. The lowest BCUT2D eigenvalue weighted by molar-refractivity contribution is -0.138. The number of hydrogen-bond acceptors (Lipinski definition) is 5. The van der Waals surface area contributed by atoms with Gasteiger partial charge in [0, 0.05) is 30.5 Å². The van der Waals surface area contributed by atoms with Gasteiger partial charge in [-0.3, -0.25) is 14.6 Å². The third kappa shape index (κ3) is 7.16. The van der Waals surface area contributed by atoms with Crippen molar-refractivity contribution < 1.29 is 32.6 Å². The van der Waals surface area contributed by atoms with E-state index in [9.17, 15) is 22.8 Å². The number of aromatic nitrogens is 1. The molecule has 0 aliphatic rings. The number of benzene rings is 3. The highest BCUT2D eigenvalue weighted by Gasteiger charge is 2.29. The molecular formula is C30H26F3N3O4. The van der Waals surface area contributed by atoms with E-state index in [1.807, 2.05) is 42.5 Å². The number of carbonyl (C=O) groups excluding carboxylic acids is 1. The summed E-state index contributed by atoms with van der Waals surface area (Å²) in [6.45, 7) is 0.463. The first-order valence-corrected chi connectivity index (χ1v) is 12.3. The zero-order chi connectivity index (χ0) is 28.7. The monoisotopic (exact) mass is 549 g/mol. The van der Waals surface area contributed by atoms with Gasteiger partial charge in [0.05, 0.1) is 19.1 Å². The summed E-state index contributed by atoms with van der Waals surface area (Å²) >= 11 is 0. The number of ether oxygens (including phenoxy) is 1. The fourth-order valence-corrected chi connectivity index (χ4v) is 4.00. The van der Waals surface area contributed by atoms with Crippen LogP contribution >= 0.6 is 0 Å². The van der Waals surface area contributed by atoms with Crippen molar-refractivity contribution in [1.29, 1.82) is 0 Å². The molecule has 0 aliphatic carbocycles. The maximum absolute atomic E-state index is 12.8. The van der Waals surface area contributed by atoms with Crippen LogP contribution in [-0.2, 0) is 17.5 Å². The van der Waals surface area contributed by atoms with Crippen molar-refractivity contribution in [2.24, 2.45) is 0 Å². The molecular weight excluding hydrogens is 523 g/mol. The molecule has 1 amide bonds. The summed E-state index contributed by atoms with van der Waals surface area (Å²) < 4.78 is 43.9. The molecule has 206 valence electrons. The highest BCUT2D eigenvalue weighted by molar-refractivity contribution is 5.92. The second kappa shape index (κ2) is 12.3. The van der Waals surface area contributed by atoms with E-state index in [0.717, 1.165) is 40.1 Å². The van der Waals surface area contributed by atoms with Crippen LogP contribution in [0.25, 0.3) is 22.3 Å². The lowest BCUT2D eigenvalue weighted by atomic mass is 10.00. The molecule has 4 rings (SSSR count). The first kappa shape index (κ1) is 28.2. The van der Waals surface area contributed by atoms with Gasteiger partial charge in [-0.15, -0.1) is 0 Å². The van der Waals surface area contributed by atoms with Gasteiger partial charge in [0.1, 0.15) is 11.4 Å². The minimum absolute atomic E-state index is 0.00855. The lowest BCUT2D eigenvalue weighted by Gasteiger charge is -2.14. The molecule has 3 N–H and O–H groups in total. The van der Waals surface area contributed by atoms with E-state index >= 15 is 0 Å². The number of methoxy groups -OCH3 is 1. The maximum atomic E-state index is 12.8. The van der Waals surface area contributed by atoms with Gasteiger partial charge in [-0.05, 0) is 64.7 Å². The zero-order valence-electron chi connectivity index (χ0n) is 21.5. The number of carbonyl (C=O) groups is 2. The normalized spacial score (nSPS) is 11.1. The number of pyridine rings is 1. The number of carboxylic acid groups (broad SMARTS) is 1. The number of hydrogen-bond donors (Lipinski definition) is 3. The minimum atomic E-state index is -4.37. The quantitative estimate of drug-likeness (QED) is 0.216. The van der Waals surface area contributed by atoms with Crippen molar-refractivity contribution in [2.45, 2.75) is 19.1 Å². The Morgan fingerprint density at radius 2 is 1.55 bits per heavy atom. The minimum Gasteiger partial charge on any atom is -0.497 e. The van der Waals surface area contributed by atoms with Crippen LogP contribution in [0, 0.1) is 0 Å². The fraction of sp³-hybridized carbons (Fsp3) is 0.167. The van der Waals surface area contributed by atoms with E-state index in [1.54, 1.807) is 25.4 Å². The second-order valence-electron chi connectivity index (χ2n) is 8.86. The number of alkyl halides is 3. The first-order chi connectivity index (χ1) is 19.1. The average Bonchev–Trinajstić information content (AvgIpc) is 2.96. The van der Waals surface area contributed by atoms with Crippen LogP contribution in [0.3, 0.4) is 0 Å². The standard InChI is InChI=1S/C30H26F3N3O4/c1-40-25-12-6-21(26(16-25)22-7-13-27(36-18-22)29(39)34-15-14-28(37)38)17-35-24-10-4-20(5-11-24)19-2-8-23(9-3-19)30(31,32)33/h2-13,16,18,35H,14-15,17H2,1H3,(H,34,39)(H,37,38).